The molecule has 2 nitrogen and oxygen atoms in total. The molecule has 0 saturated carbocycles. The predicted molar refractivity (Wildman–Crippen MR) is 122 cm³/mol. The minimum atomic E-state index is 0.385. The van der Waals surface area contributed by atoms with E-state index in [4.69, 9.17) is 11.6 Å². The van der Waals surface area contributed by atoms with E-state index in [9.17, 15) is 0 Å². The van der Waals surface area contributed by atoms with Gasteiger partial charge < -0.3 is 0 Å². The summed E-state index contributed by atoms with van der Waals surface area (Å²) in [5.74, 6) is 0. The zero-order valence-electron chi connectivity index (χ0n) is 17.1. The molecule has 3 aromatic carbocycles. The Labute approximate surface area is 179 Å². The Morgan fingerprint density at radius 1 is 0.793 bits per heavy atom. The Balaban J connectivity index is 1.45. The third-order valence-electron chi connectivity index (χ3n) is 5.86. The van der Waals surface area contributed by atoms with Crippen molar-refractivity contribution in [3.05, 3.63) is 106 Å². The van der Waals surface area contributed by atoms with E-state index in [2.05, 4.69) is 83.5 Å². The Morgan fingerprint density at radius 2 is 1.48 bits per heavy atom. The molecule has 0 amide bonds. The summed E-state index contributed by atoms with van der Waals surface area (Å²) < 4.78 is 0. The standard InChI is InChI=1S/C26H29ClN2/c1-21-6-5-9-23(18-21)20-28-14-16-29(17-15-28)26(19-22-7-3-2-4-8-22)24-10-12-25(27)13-11-24/h2-13,18,26H,14-17,19-20H2,1H3. The lowest BCUT2D eigenvalue weighted by atomic mass is 9.96. The minimum Gasteiger partial charge on any atom is -0.297 e. The molecule has 1 fully saturated rings. The van der Waals surface area contributed by atoms with E-state index >= 15 is 0 Å². The van der Waals surface area contributed by atoms with Crippen molar-refractivity contribution in [1.29, 1.82) is 0 Å². The summed E-state index contributed by atoms with van der Waals surface area (Å²) in [6, 6.07) is 28.5. The van der Waals surface area contributed by atoms with E-state index in [0.717, 1.165) is 44.2 Å². The van der Waals surface area contributed by atoms with E-state index in [1.807, 2.05) is 12.1 Å². The van der Waals surface area contributed by atoms with Crippen LogP contribution in [0.25, 0.3) is 0 Å². The zero-order chi connectivity index (χ0) is 20.1. The van der Waals surface area contributed by atoms with Gasteiger partial charge in [-0.05, 0) is 42.2 Å². The van der Waals surface area contributed by atoms with Crippen molar-refractivity contribution >= 4 is 11.6 Å². The second kappa shape index (κ2) is 9.58. The maximum absolute atomic E-state index is 6.15. The molecule has 0 N–H and O–H groups in total. The number of nitrogens with zero attached hydrogens (tertiary/aromatic N) is 2. The van der Waals surface area contributed by atoms with Crippen LogP contribution >= 0.6 is 11.6 Å². The van der Waals surface area contributed by atoms with Crippen LogP contribution in [0.3, 0.4) is 0 Å². The number of aryl methyl sites for hydroxylation is 1. The van der Waals surface area contributed by atoms with E-state index in [1.54, 1.807) is 0 Å². The largest absolute Gasteiger partial charge is 0.297 e. The van der Waals surface area contributed by atoms with Crippen LogP contribution in [0.2, 0.25) is 5.02 Å². The molecule has 1 saturated heterocycles. The molecule has 3 aromatic rings. The molecule has 1 heterocycles. The van der Waals surface area contributed by atoms with Crippen LogP contribution in [0.15, 0.2) is 78.9 Å². The van der Waals surface area contributed by atoms with E-state index < -0.39 is 0 Å². The van der Waals surface area contributed by atoms with Gasteiger partial charge in [-0.1, -0.05) is 83.9 Å². The molecule has 0 radical (unpaired) electrons. The third-order valence-corrected chi connectivity index (χ3v) is 6.11. The SMILES string of the molecule is Cc1cccc(CN2CCN(C(Cc3ccccc3)c3ccc(Cl)cc3)CC2)c1. The molecule has 1 unspecified atom stereocenters. The molecule has 0 bridgehead atoms. The molecule has 29 heavy (non-hydrogen) atoms. The van der Waals surface area contributed by atoms with Gasteiger partial charge in [0.2, 0.25) is 0 Å². The molecular weight excluding hydrogens is 376 g/mol. The average Bonchev–Trinajstić information content (AvgIpc) is 2.74. The van der Waals surface area contributed by atoms with Gasteiger partial charge in [0.1, 0.15) is 0 Å². The van der Waals surface area contributed by atoms with Crippen LogP contribution in [0.4, 0.5) is 0 Å². The summed E-state index contributed by atoms with van der Waals surface area (Å²) in [4.78, 5) is 5.22. The molecule has 4 rings (SSSR count). The number of hydrogen-bond acceptors (Lipinski definition) is 2. The Hall–Kier alpha value is -2.13. The number of rotatable bonds is 6. The van der Waals surface area contributed by atoms with Crippen molar-refractivity contribution in [1.82, 2.24) is 9.80 Å². The topological polar surface area (TPSA) is 6.48 Å². The zero-order valence-corrected chi connectivity index (χ0v) is 17.9. The Bertz CT molecular complexity index is 900. The van der Waals surface area contributed by atoms with Gasteiger partial charge in [0, 0.05) is 43.8 Å². The summed E-state index contributed by atoms with van der Waals surface area (Å²) in [5.41, 5.74) is 5.49. The van der Waals surface area contributed by atoms with Crippen LogP contribution < -0.4 is 0 Å². The number of benzene rings is 3. The molecule has 1 aliphatic heterocycles. The first-order valence-corrected chi connectivity index (χ1v) is 10.9. The van der Waals surface area contributed by atoms with Crippen molar-refractivity contribution in [2.75, 3.05) is 26.2 Å². The van der Waals surface area contributed by atoms with E-state index in [1.165, 1.54) is 22.3 Å². The molecule has 1 aliphatic rings. The van der Waals surface area contributed by atoms with E-state index in [0.29, 0.717) is 6.04 Å². The average molecular weight is 405 g/mol. The van der Waals surface area contributed by atoms with E-state index in [-0.39, 0.29) is 0 Å². The summed E-state index contributed by atoms with van der Waals surface area (Å²) in [6.45, 7) is 7.60. The van der Waals surface area contributed by atoms with Crippen molar-refractivity contribution in [2.24, 2.45) is 0 Å². The highest BCUT2D eigenvalue weighted by Crippen LogP contribution is 2.28. The monoisotopic (exact) mass is 404 g/mol. The quantitative estimate of drug-likeness (QED) is 0.516. The lowest BCUT2D eigenvalue weighted by Gasteiger charge is -2.39. The van der Waals surface area contributed by atoms with Gasteiger partial charge in [0.25, 0.3) is 0 Å². The number of halogens is 1. The molecule has 3 heteroatoms. The first-order chi connectivity index (χ1) is 14.2. The fourth-order valence-corrected chi connectivity index (χ4v) is 4.41. The van der Waals surface area contributed by atoms with Gasteiger partial charge in [-0.2, -0.15) is 0 Å². The van der Waals surface area contributed by atoms with Crippen LogP contribution in [-0.4, -0.2) is 36.0 Å². The van der Waals surface area contributed by atoms with Gasteiger partial charge in [0.15, 0.2) is 0 Å². The van der Waals surface area contributed by atoms with Crippen molar-refractivity contribution in [3.63, 3.8) is 0 Å². The smallest absolute Gasteiger partial charge is 0.0406 e. The highest BCUT2D eigenvalue weighted by Gasteiger charge is 2.25. The van der Waals surface area contributed by atoms with Crippen LogP contribution in [-0.2, 0) is 13.0 Å². The van der Waals surface area contributed by atoms with Crippen molar-refractivity contribution < 1.29 is 0 Å². The summed E-state index contributed by atoms with van der Waals surface area (Å²) >= 11 is 6.15. The van der Waals surface area contributed by atoms with Gasteiger partial charge in [-0.15, -0.1) is 0 Å². The van der Waals surface area contributed by atoms with Gasteiger partial charge in [-0.3, -0.25) is 9.80 Å². The normalized spacial score (nSPS) is 16.6. The summed E-state index contributed by atoms with van der Waals surface area (Å²) in [7, 11) is 0. The van der Waals surface area contributed by atoms with Crippen molar-refractivity contribution in [3.8, 4) is 0 Å². The maximum Gasteiger partial charge on any atom is 0.0406 e. The van der Waals surface area contributed by atoms with Gasteiger partial charge in [-0.25, -0.2) is 0 Å². The van der Waals surface area contributed by atoms with Crippen molar-refractivity contribution in [2.45, 2.75) is 25.9 Å². The van der Waals surface area contributed by atoms with Crippen LogP contribution in [0, 0.1) is 6.92 Å². The molecule has 1 atom stereocenters. The lowest BCUT2D eigenvalue weighted by Crippen LogP contribution is -2.47. The fourth-order valence-electron chi connectivity index (χ4n) is 4.28. The first-order valence-electron chi connectivity index (χ1n) is 10.5. The van der Waals surface area contributed by atoms with Gasteiger partial charge >= 0.3 is 0 Å². The lowest BCUT2D eigenvalue weighted by molar-refractivity contribution is 0.0912. The molecule has 0 aromatic heterocycles. The summed E-state index contributed by atoms with van der Waals surface area (Å²) in [6.07, 6.45) is 1.03. The first kappa shape index (κ1) is 20.2. The second-order valence-corrected chi connectivity index (χ2v) is 8.49. The molecule has 0 aliphatic carbocycles. The fraction of sp³-hybridized carbons (Fsp3) is 0.308. The Morgan fingerprint density at radius 3 is 2.17 bits per heavy atom. The highest BCUT2D eigenvalue weighted by atomic mass is 35.5. The Kier molecular flexibility index (Phi) is 6.66. The molecular formula is C26H29ClN2. The maximum atomic E-state index is 6.15. The van der Waals surface area contributed by atoms with Crippen LogP contribution in [0.5, 0.6) is 0 Å². The minimum absolute atomic E-state index is 0.385. The predicted octanol–water partition coefficient (Wildman–Crippen LogP) is 5.75. The van der Waals surface area contributed by atoms with Crippen LogP contribution in [0.1, 0.15) is 28.3 Å². The highest BCUT2D eigenvalue weighted by molar-refractivity contribution is 6.30. The second-order valence-electron chi connectivity index (χ2n) is 8.06. The molecule has 0 spiro atoms. The number of piperazine rings is 1. The number of hydrogen-bond donors (Lipinski definition) is 0. The molecule has 150 valence electrons. The summed E-state index contributed by atoms with van der Waals surface area (Å²) in [5, 5.41) is 0.801. The van der Waals surface area contributed by atoms with Gasteiger partial charge in [0.05, 0.1) is 0 Å². The third kappa shape index (κ3) is 5.48.